The lowest BCUT2D eigenvalue weighted by Crippen LogP contribution is -2.48. The van der Waals surface area contributed by atoms with Gasteiger partial charge in [-0.1, -0.05) is 13.8 Å². The van der Waals surface area contributed by atoms with Crippen LogP contribution in [0.1, 0.15) is 39.5 Å². The highest BCUT2D eigenvalue weighted by molar-refractivity contribution is 8.00. The van der Waals surface area contributed by atoms with E-state index in [9.17, 15) is 0 Å². The maximum atomic E-state index is 5.47. The fourth-order valence-corrected chi connectivity index (χ4v) is 3.17. The van der Waals surface area contributed by atoms with Crippen LogP contribution in [0.15, 0.2) is 4.99 Å². The molecule has 4 nitrogen and oxygen atoms in total. The minimum absolute atomic E-state index is 0.299. The largest absolute Gasteiger partial charge is 0.381 e. The molecular formula is C15H31N3OS. The smallest absolute Gasteiger partial charge is 0.191 e. The van der Waals surface area contributed by atoms with Gasteiger partial charge in [-0.15, -0.1) is 0 Å². The Kier molecular flexibility index (Phi) is 8.38. The molecule has 1 aliphatic heterocycles. The van der Waals surface area contributed by atoms with Crippen LogP contribution in [0.4, 0.5) is 0 Å². The molecule has 2 N–H and O–H groups in total. The van der Waals surface area contributed by atoms with E-state index in [0.29, 0.717) is 4.75 Å². The average Bonchev–Trinajstić information content (AvgIpc) is 2.47. The van der Waals surface area contributed by atoms with Crippen LogP contribution in [-0.4, -0.2) is 50.3 Å². The van der Waals surface area contributed by atoms with E-state index in [1.165, 1.54) is 12.8 Å². The molecule has 0 bridgehead atoms. The van der Waals surface area contributed by atoms with E-state index in [1.807, 2.05) is 18.8 Å². The summed E-state index contributed by atoms with van der Waals surface area (Å²) in [4.78, 5) is 4.31. The third-order valence-corrected chi connectivity index (χ3v) is 5.31. The Bertz CT molecular complexity index is 289. The van der Waals surface area contributed by atoms with Gasteiger partial charge >= 0.3 is 0 Å². The van der Waals surface area contributed by atoms with Crippen molar-refractivity contribution in [2.24, 2.45) is 10.9 Å². The molecule has 0 radical (unpaired) electrons. The van der Waals surface area contributed by atoms with Crippen molar-refractivity contribution in [3.63, 3.8) is 0 Å². The van der Waals surface area contributed by atoms with E-state index in [2.05, 4.69) is 35.7 Å². The molecule has 0 aromatic rings. The molecule has 5 heteroatoms. The van der Waals surface area contributed by atoms with Gasteiger partial charge in [-0.3, -0.25) is 4.99 Å². The van der Waals surface area contributed by atoms with Gasteiger partial charge in [0.05, 0.1) is 0 Å². The second-order valence-electron chi connectivity index (χ2n) is 5.89. The Morgan fingerprint density at radius 3 is 2.55 bits per heavy atom. The van der Waals surface area contributed by atoms with Crippen molar-refractivity contribution in [3.8, 4) is 0 Å². The van der Waals surface area contributed by atoms with Crippen molar-refractivity contribution < 1.29 is 4.74 Å². The molecule has 0 aliphatic carbocycles. The van der Waals surface area contributed by atoms with E-state index in [1.54, 1.807) is 0 Å². The maximum Gasteiger partial charge on any atom is 0.191 e. The van der Waals surface area contributed by atoms with Crippen LogP contribution in [-0.2, 0) is 4.74 Å². The summed E-state index contributed by atoms with van der Waals surface area (Å²) >= 11 is 1.95. The van der Waals surface area contributed by atoms with Crippen molar-refractivity contribution in [2.45, 2.75) is 44.3 Å². The topological polar surface area (TPSA) is 45.7 Å². The van der Waals surface area contributed by atoms with E-state index >= 15 is 0 Å². The van der Waals surface area contributed by atoms with Gasteiger partial charge in [0, 0.05) is 38.1 Å². The summed E-state index contributed by atoms with van der Waals surface area (Å²) < 4.78 is 5.77. The molecule has 0 atom stereocenters. The summed E-state index contributed by atoms with van der Waals surface area (Å²) in [5, 5.41) is 6.89. The molecule has 0 aromatic heterocycles. The molecule has 0 spiro atoms. The highest BCUT2D eigenvalue weighted by Gasteiger charge is 2.31. The molecule has 0 aromatic carbocycles. The van der Waals surface area contributed by atoms with Gasteiger partial charge in [0.1, 0.15) is 0 Å². The van der Waals surface area contributed by atoms with E-state index < -0.39 is 0 Å². The van der Waals surface area contributed by atoms with Crippen molar-refractivity contribution in [3.05, 3.63) is 0 Å². The van der Waals surface area contributed by atoms with Gasteiger partial charge in [0.25, 0.3) is 0 Å². The van der Waals surface area contributed by atoms with Crippen molar-refractivity contribution in [1.29, 1.82) is 0 Å². The number of ether oxygens (including phenoxy) is 1. The molecule has 1 heterocycles. The van der Waals surface area contributed by atoms with Gasteiger partial charge in [-0.05, 0) is 37.9 Å². The summed E-state index contributed by atoms with van der Waals surface area (Å²) in [5.74, 6) is 1.70. The molecule has 0 saturated carbocycles. The maximum absolute atomic E-state index is 5.47. The number of hydrogen-bond acceptors (Lipinski definition) is 3. The molecule has 0 amide bonds. The molecule has 1 rings (SSSR count). The summed E-state index contributed by atoms with van der Waals surface area (Å²) in [7, 11) is 1.84. The zero-order chi connectivity index (χ0) is 14.8. The molecule has 1 saturated heterocycles. The second-order valence-corrected chi connectivity index (χ2v) is 7.16. The Labute approximate surface area is 128 Å². The third-order valence-electron chi connectivity index (χ3n) is 3.89. The summed E-state index contributed by atoms with van der Waals surface area (Å²) in [6.45, 7) is 8.24. The number of guanidine groups is 1. The first-order valence-electron chi connectivity index (χ1n) is 7.69. The van der Waals surface area contributed by atoms with Crippen molar-refractivity contribution >= 4 is 17.7 Å². The lowest BCUT2D eigenvalue weighted by atomic mass is 9.99. The SMILES string of the molecule is CN=C(NCCCC(C)C)NCC1(SC)CCOCC1. The highest BCUT2D eigenvalue weighted by Crippen LogP contribution is 2.32. The molecule has 118 valence electrons. The minimum Gasteiger partial charge on any atom is -0.381 e. The average molecular weight is 302 g/mol. The Morgan fingerprint density at radius 1 is 1.30 bits per heavy atom. The van der Waals surface area contributed by atoms with E-state index in [4.69, 9.17) is 4.74 Å². The fraction of sp³-hybridized carbons (Fsp3) is 0.933. The van der Waals surface area contributed by atoms with Gasteiger partial charge in [-0.25, -0.2) is 0 Å². The first kappa shape index (κ1) is 17.6. The van der Waals surface area contributed by atoms with Crippen molar-refractivity contribution in [1.82, 2.24) is 10.6 Å². The van der Waals surface area contributed by atoms with E-state index in [0.717, 1.165) is 51.0 Å². The monoisotopic (exact) mass is 301 g/mol. The van der Waals surface area contributed by atoms with Crippen LogP contribution in [0, 0.1) is 5.92 Å². The lowest BCUT2D eigenvalue weighted by Gasteiger charge is -2.36. The Hall–Kier alpha value is -0.420. The zero-order valence-corrected chi connectivity index (χ0v) is 14.3. The molecule has 0 unspecified atom stereocenters. The Morgan fingerprint density at radius 2 is 2.00 bits per heavy atom. The Balaban J connectivity index is 2.29. The predicted octanol–water partition coefficient (Wildman–Crippen LogP) is 2.50. The number of thioether (sulfide) groups is 1. The number of rotatable bonds is 7. The standard InChI is InChI=1S/C15H31N3OS/c1-13(2)6-5-9-17-14(16-3)18-12-15(20-4)7-10-19-11-8-15/h13H,5-12H2,1-4H3,(H2,16,17,18). The first-order valence-corrected chi connectivity index (χ1v) is 8.92. The van der Waals surface area contributed by atoms with E-state index in [-0.39, 0.29) is 0 Å². The van der Waals surface area contributed by atoms with Crippen LogP contribution in [0.5, 0.6) is 0 Å². The van der Waals surface area contributed by atoms with Crippen LogP contribution < -0.4 is 10.6 Å². The van der Waals surface area contributed by atoms with Gasteiger partial charge in [-0.2, -0.15) is 11.8 Å². The number of hydrogen-bond donors (Lipinski definition) is 2. The normalized spacial score (nSPS) is 19.1. The highest BCUT2D eigenvalue weighted by atomic mass is 32.2. The van der Waals surface area contributed by atoms with Crippen LogP contribution in [0.3, 0.4) is 0 Å². The molecule has 1 fully saturated rings. The molecular weight excluding hydrogens is 270 g/mol. The second kappa shape index (κ2) is 9.50. The number of nitrogens with zero attached hydrogens (tertiary/aromatic N) is 1. The van der Waals surface area contributed by atoms with Gasteiger partial charge in [0.2, 0.25) is 0 Å². The summed E-state index contributed by atoms with van der Waals surface area (Å²) in [6, 6.07) is 0. The third kappa shape index (κ3) is 6.35. The summed E-state index contributed by atoms with van der Waals surface area (Å²) in [5.41, 5.74) is 0. The fourth-order valence-electron chi connectivity index (χ4n) is 2.38. The lowest BCUT2D eigenvalue weighted by molar-refractivity contribution is 0.0783. The first-order chi connectivity index (χ1) is 9.62. The quantitative estimate of drug-likeness (QED) is 0.431. The van der Waals surface area contributed by atoms with Crippen LogP contribution in [0.2, 0.25) is 0 Å². The summed E-state index contributed by atoms with van der Waals surface area (Å²) in [6.07, 6.45) is 6.89. The van der Waals surface area contributed by atoms with Crippen molar-refractivity contribution in [2.75, 3.05) is 39.6 Å². The molecule has 1 aliphatic rings. The van der Waals surface area contributed by atoms with Gasteiger partial charge in [0.15, 0.2) is 5.96 Å². The van der Waals surface area contributed by atoms with Crippen LogP contribution >= 0.6 is 11.8 Å². The minimum atomic E-state index is 0.299. The zero-order valence-electron chi connectivity index (χ0n) is 13.5. The number of nitrogens with one attached hydrogen (secondary N) is 2. The van der Waals surface area contributed by atoms with Gasteiger partial charge < -0.3 is 15.4 Å². The predicted molar refractivity (Wildman–Crippen MR) is 89.7 cm³/mol. The van der Waals surface area contributed by atoms with Crippen LogP contribution in [0.25, 0.3) is 0 Å². The number of aliphatic imine (C=N–C) groups is 1. The molecule has 20 heavy (non-hydrogen) atoms.